The van der Waals surface area contributed by atoms with Crippen molar-refractivity contribution in [1.29, 1.82) is 0 Å². The van der Waals surface area contributed by atoms with E-state index < -0.39 is 0 Å². The standard InChI is InChI=1S/C14H15ClN2O2S/c15-10-6-2-1-5-9(10)13-16-17-14(19-13)20-12-8-4-3-7-11(12)18/h1-2,5-6,11-12,18H,3-4,7-8H2. The van der Waals surface area contributed by atoms with Gasteiger partial charge in [0.2, 0.25) is 5.89 Å². The zero-order valence-electron chi connectivity index (χ0n) is 10.8. The van der Waals surface area contributed by atoms with Gasteiger partial charge in [-0.3, -0.25) is 0 Å². The average molecular weight is 311 g/mol. The van der Waals surface area contributed by atoms with Crippen LogP contribution < -0.4 is 0 Å². The zero-order valence-corrected chi connectivity index (χ0v) is 12.4. The zero-order chi connectivity index (χ0) is 13.9. The summed E-state index contributed by atoms with van der Waals surface area (Å²) in [4.78, 5) is 0. The fourth-order valence-electron chi connectivity index (χ4n) is 2.35. The smallest absolute Gasteiger partial charge is 0.277 e. The van der Waals surface area contributed by atoms with Gasteiger partial charge in [0.1, 0.15) is 0 Å². The molecule has 3 rings (SSSR count). The molecule has 1 aliphatic carbocycles. The van der Waals surface area contributed by atoms with Crippen molar-refractivity contribution in [2.24, 2.45) is 0 Å². The molecule has 0 saturated heterocycles. The van der Waals surface area contributed by atoms with Crippen molar-refractivity contribution >= 4 is 23.4 Å². The van der Waals surface area contributed by atoms with Gasteiger partial charge >= 0.3 is 0 Å². The van der Waals surface area contributed by atoms with Crippen LogP contribution in [-0.4, -0.2) is 26.7 Å². The van der Waals surface area contributed by atoms with E-state index in [4.69, 9.17) is 16.0 Å². The predicted molar refractivity (Wildman–Crippen MR) is 78.9 cm³/mol. The molecule has 0 bridgehead atoms. The van der Waals surface area contributed by atoms with Crippen molar-refractivity contribution in [3.8, 4) is 11.5 Å². The van der Waals surface area contributed by atoms with Crippen LogP contribution in [-0.2, 0) is 0 Å². The molecule has 2 aromatic rings. The second-order valence-electron chi connectivity index (χ2n) is 4.86. The predicted octanol–water partition coefficient (Wildman–Crippen LogP) is 3.79. The van der Waals surface area contributed by atoms with E-state index in [1.807, 2.05) is 18.2 Å². The highest BCUT2D eigenvalue weighted by Crippen LogP contribution is 2.35. The first-order valence-electron chi connectivity index (χ1n) is 6.67. The Labute approximate surface area is 126 Å². The molecule has 0 amide bonds. The molecule has 1 saturated carbocycles. The lowest BCUT2D eigenvalue weighted by Crippen LogP contribution is -2.26. The third-order valence-electron chi connectivity index (χ3n) is 3.43. The van der Waals surface area contributed by atoms with Crippen LogP contribution in [0.1, 0.15) is 25.7 Å². The molecule has 1 aromatic heterocycles. The van der Waals surface area contributed by atoms with Gasteiger partial charge in [0, 0.05) is 5.25 Å². The fourth-order valence-corrected chi connectivity index (χ4v) is 3.61. The van der Waals surface area contributed by atoms with E-state index in [0.29, 0.717) is 16.1 Å². The minimum absolute atomic E-state index is 0.142. The molecular formula is C14H15ClN2O2S. The number of thioether (sulfide) groups is 1. The summed E-state index contributed by atoms with van der Waals surface area (Å²) in [6.07, 6.45) is 3.77. The SMILES string of the molecule is OC1CCCCC1Sc1nnc(-c2ccccc2Cl)o1. The molecule has 0 aliphatic heterocycles. The summed E-state index contributed by atoms with van der Waals surface area (Å²) in [6.45, 7) is 0. The van der Waals surface area contributed by atoms with Crippen LogP contribution in [0.25, 0.3) is 11.5 Å². The Morgan fingerprint density at radius 2 is 2.00 bits per heavy atom. The highest BCUT2D eigenvalue weighted by molar-refractivity contribution is 7.99. The second kappa shape index (κ2) is 6.16. The van der Waals surface area contributed by atoms with Crippen molar-refractivity contribution in [2.75, 3.05) is 0 Å². The van der Waals surface area contributed by atoms with Gasteiger partial charge in [0.15, 0.2) is 0 Å². The van der Waals surface area contributed by atoms with E-state index in [2.05, 4.69) is 10.2 Å². The Hall–Kier alpha value is -1.04. The third-order valence-corrected chi connectivity index (χ3v) is 4.98. The van der Waals surface area contributed by atoms with Crippen LogP contribution in [0.15, 0.2) is 33.9 Å². The Morgan fingerprint density at radius 1 is 1.20 bits per heavy atom. The molecule has 1 aromatic carbocycles. The number of benzene rings is 1. The van der Waals surface area contributed by atoms with E-state index in [-0.39, 0.29) is 11.4 Å². The van der Waals surface area contributed by atoms with Crippen molar-refractivity contribution in [3.63, 3.8) is 0 Å². The van der Waals surface area contributed by atoms with Crippen LogP contribution in [0, 0.1) is 0 Å². The van der Waals surface area contributed by atoms with Crippen molar-refractivity contribution in [2.45, 2.75) is 42.3 Å². The van der Waals surface area contributed by atoms with E-state index in [0.717, 1.165) is 31.2 Å². The maximum absolute atomic E-state index is 9.97. The molecule has 20 heavy (non-hydrogen) atoms. The van der Waals surface area contributed by atoms with Crippen molar-refractivity contribution < 1.29 is 9.52 Å². The summed E-state index contributed by atoms with van der Waals surface area (Å²) in [6, 6.07) is 7.37. The molecule has 2 atom stereocenters. The second-order valence-corrected chi connectivity index (χ2v) is 6.46. The minimum atomic E-state index is -0.288. The normalized spacial score (nSPS) is 22.9. The number of halogens is 1. The number of aliphatic hydroxyl groups is 1. The van der Waals surface area contributed by atoms with E-state index >= 15 is 0 Å². The Kier molecular flexibility index (Phi) is 4.29. The van der Waals surface area contributed by atoms with Gasteiger partial charge < -0.3 is 9.52 Å². The van der Waals surface area contributed by atoms with Gasteiger partial charge in [-0.25, -0.2) is 0 Å². The molecule has 2 unspecified atom stereocenters. The summed E-state index contributed by atoms with van der Waals surface area (Å²) in [5, 5.41) is 19.3. The van der Waals surface area contributed by atoms with Crippen LogP contribution >= 0.6 is 23.4 Å². The lowest BCUT2D eigenvalue weighted by Gasteiger charge is -2.25. The first kappa shape index (κ1) is 13.9. The summed E-state index contributed by atoms with van der Waals surface area (Å²) in [5.41, 5.74) is 0.734. The summed E-state index contributed by atoms with van der Waals surface area (Å²) in [7, 11) is 0. The minimum Gasteiger partial charge on any atom is -0.411 e. The highest BCUT2D eigenvalue weighted by atomic mass is 35.5. The summed E-state index contributed by atoms with van der Waals surface area (Å²) < 4.78 is 5.65. The van der Waals surface area contributed by atoms with E-state index in [1.165, 1.54) is 11.8 Å². The van der Waals surface area contributed by atoms with Gasteiger partial charge in [0.05, 0.1) is 16.7 Å². The molecule has 1 aliphatic rings. The van der Waals surface area contributed by atoms with Gasteiger partial charge in [0.25, 0.3) is 5.22 Å². The van der Waals surface area contributed by atoms with Crippen LogP contribution in [0.5, 0.6) is 0 Å². The fraction of sp³-hybridized carbons (Fsp3) is 0.429. The number of hydrogen-bond donors (Lipinski definition) is 1. The number of nitrogens with zero attached hydrogens (tertiary/aromatic N) is 2. The molecule has 0 radical (unpaired) electrons. The molecule has 106 valence electrons. The number of rotatable bonds is 3. The summed E-state index contributed by atoms with van der Waals surface area (Å²) >= 11 is 7.57. The molecule has 0 spiro atoms. The van der Waals surface area contributed by atoms with Gasteiger partial charge in [-0.1, -0.05) is 48.3 Å². The number of hydrogen-bond acceptors (Lipinski definition) is 5. The maximum Gasteiger partial charge on any atom is 0.277 e. The molecule has 1 N–H and O–H groups in total. The lowest BCUT2D eigenvalue weighted by atomic mass is 9.97. The lowest BCUT2D eigenvalue weighted by molar-refractivity contribution is 0.136. The Bertz CT molecular complexity index is 590. The first-order chi connectivity index (χ1) is 9.74. The van der Waals surface area contributed by atoms with Crippen LogP contribution in [0.4, 0.5) is 0 Å². The van der Waals surface area contributed by atoms with Gasteiger partial charge in [-0.05, 0) is 25.0 Å². The topological polar surface area (TPSA) is 59.2 Å². The van der Waals surface area contributed by atoms with Crippen molar-refractivity contribution in [3.05, 3.63) is 29.3 Å². The number of aliphatic hydroxyl groups excluding tert-OH is 1. The monoisotopic (exact) mass is 310 g/mol. The Morgan fingerprint density at radius 3 is 2.80 bits per heavy atom. The van der Waals surface area contributed by atoms with Crippen molar-refractivity contribution in [1.82, 2.24) is 10.2 Å². The molecule has 6 heteroatoms. The average Bonchev–Trinajstić information content (AvgIpc) is 2.90. The quantitative estimate of drug-likeness (QED) is 0.934. The Balaban J connectivity index is 1.75. The van der Waals surface area contributed by atoms with Gasteiger partial charge in [-0.2, -0.15) is 0 Å². The largest absolute Gasteiger partial charge is 0.411 e. The first-order valence-corrected chi connectivity index (χ1v) is 7.93. The van der Waals surface area contributed by atoms with Crippen LogP contribution in [0.2, 0.25) is 5.02 Å². The molecule has 1 heterocycles. The van der Waals surface area contributed by atoms with E-state index in [1.54, 1.807) is 6.07 Å². The van der Waals surface area contributed by atoms with Crippen LogP contribution in [0.3, 0.4) is 0 Å². The van der Waals surface area contributed by atoms with E-state index in [9.17, 15) is 5.11 Å². The van der Waals surface area contributed by atoms with Gasteiger partial charge in [-0.15, -0.1) is 10.2 Å². The maximum atomic E-state index is 9.97. The summed E-state index contributed by atoms with van der Waals surface area (Å²) in [5.74, 6) is 0.420. The molecular weight excluding hydrogens is 296 g/mol. The number of aromatic nitrogens is 2. The highest BCUT2D eigenvalue weighted by Gasteiger charge is 2.26. The molecule has 4 nitrogen and oxygen atoms in total. The third kappa shape index (κ3) is 3.00. The molecule has 1 fully saturated rings.